The number of fused-ring (bicyclic) bond motifs is 1. The van der Waals surface area contributed by atoms with Crippen molar-refractivity contribution in [2.24, 2.45) is 0 Å². The third-order valence-electron chi connectivity index (χ3n) is 5.21. The maximum atomic E-state index is 12.2. The van der Waals surface area contributed by atoms with Crippen molar-refractivity contribution < 1.29 is 9.72 Å². The normalized spacial score (nSPS) is 14.8. The summed E-state index contributed by atoms with van der Waals surface area (Å²) in [7, 11) is 0. The molecule has 0 bridgehead atoms. The van der Waals surface area contributed by atoms with Crippen LogP contribution in [0.4, 0.5) is 10.8 Å². The number of nitro groups is 1. The van der Waals surface area contributed by atoms with Gasteiger partial charge in [-0.2, -0.15) is 0 Å². The van der Waals surface area contributed by atoms with Gasteiger partial charge in [-0.1, -0.05) is 23.5 Å². The molecule has 3 aromatic rings. The van der Waals surface area contributed by atoms with Crippen LogP contribution >= 0.6 is 11.3 Å². The number of anilines is 1. The molecule has 2 heterocycles. The molecule has 9 heteroatoms. The topological polar surface area (TPSA) is 91.6 Å². The quantitative estimate of drug-likeness (QED) is 0.482. The van der Waals surface area contributed by atoms with E-state index in [1.807, 2.05) is 0 Å². The summed E-state index contributed by atoms with van der Waals surface area (Å²) in [6, 6.07) is 12.1. The van der Waals surface area contributed by atoms with Crippen LogP contribution in [-0.4, -0.2) is 60.0 Å². The largest absolute Gasteiger partial charge is 0.351 e. The van der Waals surface area contributed by atoms with Gasteiger partial charge in [-0.05, 0) is 30.7 Å². The first-order valence-corrected chi connectivity index (χ1v) is 10.7. The van der Waals surface area contributed by atoms with Crippen LogP contribution in [0.5, 0.6) is 0 Å². The van der Waals surface area contributed by atoms with Gasteiger partial charge < -0.3 is 10.2 Å². The van der Waals surface area contributed by atoms with Gasteiger partial charge in [-0.15, -0.1) is 0 Å². The number of benzene rings is 2. The number of rotatable bonds is 6. The van der Waals surface area contributed by atoms with Crippen LogP contribution in [0.2, 0.25) is 0 Å². The summed E-state index contributed by atoms with van der Waals surface area (Å²) in [6.07, 6.45) is 0. The van der Waals surface area contributed by atoms with E-state index >= 15 is 0 Å². The van der Waals surface area contributed by atoms with Crippen LogP contribution in [0.3, 0.4) is 0 Å². The first-order valence-electron chi connectivity index (χ1n) is 9.87. The number of hydrogen-bond donors (Lipinski definition) is 1. The van der Waals surface area contributed by atoms with Gasteiger partial charge in [0.05, 0.1) is 15.1 Å². The van der Waals surface area contributed by atoms with Crippen molar-refractivity contribution in [3.63, 3.8) is 0 Å². The van der Waals surface area contributed by atoms with Crippen molar-refractivity contribution in [1.82, 2.24) is 15.2 Å². The summed E-state index contributed by atoms with van der Waals surface area (Å²) < 4.78 is 1.22. The second kappa shape index (κ2) is 8.76. The van der Waals surface area contributed by atoms with Crippen molar-refractivity contribution in [3.8, 4) is 0 Å². The Bertz CT molecular complexity index is 1080. The molecule has 1 fully saturated rings. The molecule has 1 saturated heterocycles. The Morgan fingerprint density at radius 2 is 2.00 bits per heavy atom. The minimum absolute atomic E-state index is 0.0798. The molecule has 0 unspecified atom stereocenters. The number of carbonyl (C=O) groups excluding carboxylic acids is 1. The molecule has 0 aliphatic carbocycles. The summed E-state index contributed by atoms with van der Waals surface area (Å²) in [4.78, 5) is 32.0. The zero-order valence-electron chi connectivity index (χ0n) is 16.7. The van der Waals surface area contributed by atoms with Crippen molar-refractivity contribution >= 4 is 38.3 Å². The Morgan fingerprint density at radius 3 is 2.77 bits per heavy atom. The second-order valence-corrected chi connectivity index (χ2v) is 8.37. The smallest absolute Gasteiger partial charge is 0.270 e. The van der Waals surface area contributed by atoms with Gasteiger partial charge in [0.15, 0.2) is 5.13 Å². The van der Waals surface area contributed by atoms with Crippen LogP contribution in [0, 0.1) is 17.0 Å². The minimum atomic E-state index is -0.497. The number of amides is 1. The third kappa shape index (κ3) is 4.58. The SMILES string of the molecule is Cc1ccc2nc(N3CCN(CCNC(=O)c4cccc([N+](=O)[O-])c4)CC3)sc2c1. The lowest BCUT2D eigenvalue weighted by Crippen LogP contribution is -2.48. The van der Waals surface area contributed by atoms with Gasteiger partial charge in [0, 0.05) is 57.0 Å². The van der Waals surface area contributed by atoms with E-state index in [9.17, 15) is 14.9 Å². The molecule has 2 aromatic carbocycles. The fraction of sp³-hybridized carbons (Fsp3) is 0.333. The van der Waals surface area contributed by atoms with Crippen LogP contribution < -0.4 is 10.2 Å². The molecule has 0 spiro atoms. The lowest BCUT2D eigenvalue weighted by molar-refractivity contribution is -0.384. The number of nitrogens with one attached hydrogen (secondary N) is 1. The molecule has 8 nitrogen and oxygen atoms in total. The van der Waals surface area contributed by atoms with E-state index in [2.05, 4.69) is 40.2 Å². The summed E-state index contributed by atoms with van der Waals surface area (Å²) in [6.45, 7) is 6.95. The predicted molar refractivity (Wildman–Crippen MR) is 118 cm³/mol. The molecule has 156 valence electrons. The number of thiazole rings is 1. The Kier molecular flexibility index (Phi) is 5.91. The lowest BCUT2D eigenvalue weighted by atomic mass is 10.2. The lowest BCUT2D eigenvalue weighted by Gasteiger charge is -2.34. The minimum Gasteiger partial charge on any atom is -0.351 e. The van der Waals surface area contributed by atoms with Gasteiger partial charge in [-0.25, -0.2) is 4.98 Å². The number of aryl methyl sites for hydroxylation is 1. The van der Waals surface area contributed by atoms with Gasteiger partial charge in [-0.3, -0.25) is 19.8 Å². The number of piperazine rings is 1. The van der Waals surface area contributed by atoms with Crippen molar-refractivity contribution in [1.29, 1.82) is 0 Å². The molecule has 0 atom stereocenters. The highest BCUT2D eigenvalue weighted by Crippen LogP contribution is 2.30. The molecular weight excluding hydrogens is 402 g/mol. The molecule has 1 N–H and O–H groups in total. The summed E-state index contributed by atoms with van der Waals surface area (Å²) in [5.74, 6) is -0.290. The van der Waals surface area contributed by atoms with Crippen molar-refractivity contribution in [2.45, 2.75) is 6.92 Å². The first kappa shape index (κ1) is 20.2. The van der Waals surface area contributed by atoms with Crippen LogP contribution in [0.1, 0.15) is 15.9 Å². The van der Waals surface area contributed by atoms with Gasteiger partial charge in [0.25, 0.3) is 11.6 Å². The molecule has 0 saturated carbocycles. The number of non-ortho nitro benzene ring substituents is 1. The van der Waals surface area contributed by atoms with Crippen LogP contribution in [0.25, 0.3) is 10.2 Å². The molecule has 1 aromatic heterocycles. The molecule has 1 amide bonds. The number of nitro benzene ring substituents is 1. The summed E-state index contributed by atoms with van der Waals surface area (Å²) in [5, 5.41) is 14.8. The first-order chi connectivity index (χ1) is 14.5. The van der Waals surface area contributed by atoms with Crippen molar-refractivity contribution in [3.05, 3.63) is 63.7 Å². The van der Waals surface area contributed by atoms with E-state index in [-0.39, 0.29) is 11.6 Å². The Morgan fingerprint density at radius 1 is 1.20 bits per heavy atom. The van der Waals surface area contributed by atoms with E-state index in [0.29, 0.717) is 12.1 Å². The van der Waals surface area contributed by atoms with E-state index < -0.39 is 4.92 Å². The zero-order valence-corrected chi connectivity index (χ0v) is 17.5. The van der Waals surface area contributed by atoms with Gasteiger partial charge >= 0.3 is 0 Å². The average Bonchev–Trinajstić information content (AvgIpc) is 3.17. The molecular formula is C21H23N5O3S. The predicted octanol–water partition coefficient (Wildman–Crippen LogP) is 3.06. The van der Waals surface area contributed by atoms with Gasteiger partial charge in [0.2, 0.25) is 0 Å². The second-order valence-electron chi connectivity index (χ2n) is 7.36. The highest BCUT2D eigenvalue weighted by molar-refractivity contribution is 7.22. The van der Waals surface area contributed by atoms with E-state index in [4.69, 9.17) is 4.98 Å². The van der Waals surface area contributed by atoms with Crippen LogP contribution in [-0.2, 0) is 0 Å². The highest BCUT2D eigenvalue weighted by Gasteiger charge is 2.20. The number of hydrogen-bond acceptors (Lipinski definition) is 7. The van der Waals surface area contributed by atoms with E-state index in [0.717, 1.165) is 43.4 Å². The standard InChI is InChI=1S/C21H23N5O3S/c1-15-5-6-18-19(13-15)30-21(23-18)25-11-9-24(10-12-25)8-7-22-20(27)16-3-2-4-17(14-16)26(28)29/h2-6,13-14H,7-12H2,1H3,(H,22,27). The highest BCUT2D eigenvalue weighted by atomic mass is 32.1. The maximum Gasteiger partial charge on any atom is 0.270 e. The van der Waals surface area contributed by atoms with E-state index in [1.54, 1.807) is 17.4 Å². The number of carbonyl (C=O) groups is 1. The molecule has 0 radical (unpaired) electrons. The molecule has 30 heavy (non-hydrogen) atoms. The Labute approximate surface area is 178 Å². The van der Waals surface area contributed by atoms with Crippen molar-refractivity contribution in [2.75, 3.05) is 44.2 Å². The van der Waals surface area contributed by atoms with E-state index in [1.165, 1.54) is 28.5 Å². The molecule has 1 aliphatic rings. The van der Waals surface area contributed by atoms with Gasteiger partial charge in [0.1, 0.15) is 0 Å². The Hall–Kier alpha value is -3.04. The fourth-order valence-electron chi connectivity index (χ4n) is 3.51. The molecule has 4 rings (SSSR count). The van der Waals surface area contributed by atoms with Crippen LogP contribution in [0.15, 0.2) is 42.5 Å². The summed E-state index contributed by atoms with van der Waals surface area (Å²) in [5.41, 5.74) is 2.52. The summed E-state index contributed by atoms with van der Waals surface area (Å²) >= 11 is 1.73. The average molecular weight is 426 g/mol. The monoisotopic (exact) mass is 425 g/mol. The Balaban J connectivity index is 1.25. The zero-order chi connectivity index (χ0) is 21.1. The maximum absolute atomic E-state index is 12.2. The molecule has 1 aliphatic heterocycles. The fourth-order valence-corrected chi connectivity index (χ4v) is 4.62. The number of nitrogens with zero attached hydrogens (tertiary/aromatic N) is 4. The number of aromatic nitrogens is 1. The third-order valence-corrected chi connectivity index (χ3v) is 6.29.